The Morgan fingerprint density at radius 3 is 2.69 bits per heavy atom. The number of carboxylic acid groups (broad SMARTS) is 1. The molecule has 152 valence electrons. The van der Waals surface area contributed by atoms with Crippen LogP contribution in [0.5, 0.6) is 5.75 Å². The van der Waals surface area contributed by atoms with Crippen molar-refractivity contribution in [1.82, 2.24) is 4.90 Å². The first-order chi connectivity index (χ1) is 13.9. The number of aliphatic carboxylic acids is 1. The van der Waals surface area contributed by atoms with Gasteiger partial charge < -0.3 is 14.7 Å². The molecule has 2 aromatic carbocycles. The van der Waals surface area contributed by atoms with Crippen LogP contribution in [0.4, 0.5) is 5.69 Å². The van der Waals surface area contributed by atoms with Crippen molar-refractivity contribution in [2.24, 2.45) is 0 Å². The summed E-state index contributed by atoms with van der Waals surface area (Å²) in [5.74, 6) is -2.04. The zero-order valence-electron chi connectivity index (χ0n) is 15.6. The summed E-state index contributed by atoms with van der Waals surface area (Å²) in [4.78, 5) is 37.6. The van der Waals surface area contributed by atoms with Crippen LogP contribution in [0, 0.1) is 10.1 Å². The second-order valence-corrected chi connectivity index (χ2v) is 7.40. The van der Waals surface area contributed by atoms with E-state index in [0.29, 0.717) is 29.6 Å². The van der Waals surface area contributed by atoms with E-state index >= 15 is 0 Å². The zero-order chi connectivity index (χ0) is 21.1. The Morgan fingerprint density at radius 1 is 1.31 bits per heavy atom. The number of nitro benzene ring substituents is 1. The molecule has 0 fully saturated rings. The number of halogens is 1. The van der Waals surface area contributed by atoms with Crippen LogP contribution in [-0.2, 0) is 4.79 Å². The molecule has 0 aliphatic carbocycles. The van der Waals surface area contributed by atoms with Crippen molar-refractivity contribution in [3.63, 3.8) is 0 Å². The van der Waals surface area contributed by atoms with E-state index < -0.39 is 28.8 Å². The summed E-state index contributed by atoms with van der Waals surface area (Å²) in [6, 6.07) is 9.96. The van der Waals surface area contributed by atoms with Crippen LogP contribution in [0.25, 0.3) is 0 Å². The molecule has 2 atom stereocenters. The predicted molar refractivity (Wildman–Crippen MR) is 109 cm³/mol. The molecule has 1 amide bonds. The quantitative estimate of drug-likeness (QED) is 0.381. The number of fused-ring (bicyclic) bond motifs is 1. The summed E-state index contributed by atoms with van der Waals surface area (Å²) >= 11 is 3.34. The first-order valence-electron chi connectivity index (χ1n) is 8.91. The normalized spacial score (nSPS) is 18.3. The van der Waals surface area contributed by atoms with Crippen molar-refractivity contribution in [3.05, 3.63) is 69.3 Å². The fourth-order valence-corrected chi connectivity index (χ4v) is 3.93. The van der Waals surface area contributed by atoms with E-state index in [-0.39, 0.29) is 16.8 Å². The lowest BCUT2D eigenvalue weighted by atomic mass is 9.79. The molecule has 0 unspecified atom stereocenters. The van der Waals surface area contributed by atoms with E-state index in [9.17, 15) is 24.8 Å². The van der Waals surface area contributed by atoms with Crippen LogP contribution >= 0.6 is 15.9 Å². The van der Waals surface area contributed by atoms with Crippen LogP contribution in [0.2, 0.25) is 0 Å². The summed E-state index contributed by atoms with van der Waals surface area (Å²) in [7, 11) is 1.51. The molecular weight excluding hydrogens is 444 g/mol. The number of ether oxygens (including phenoxy) is 1. The smallest absolute Gasteiger partial charge is 0.313 e. The second kappa shape index (κ2) is 8.60. The van der Waals surface area contributed by atoms with Crippen molar-refractivity contribution in [1.29, 1.82) is 0 Å². The standard InChI is InChI=1S/C20H19BrN2O6/c1-29-14-5-2-4-12(10-14)18-17(20(25)26)15-7-6-13(23(27)28)11-16(15)19(24)22(18)9-3-8-21/h2,4-7,10-11,17-18H,3,8-9H2,1H3,(H,25,26)/t17-,18-/m0/s1. The molecule has 0 aromatic heterocycles. The molecular formula is C20H19BrN2O6. The SMILES string of the molecule is COc1cccc([C@H]2[C@@H](C(=O)O)c3ccc([N+](=O)[O-])cc3C(=O)N2CCCBr)c1. The third-order valence-corrected chi connectivity index (χ3v) is 5.52. The van der Waals surface area contributed by atoms with Crippen LogP contribution in [0.3, 0.4) is 0 Å². The van der Waals surface area contributed by atoms with E-state index in [4.69, 9.17) is 4.74 Å². The van der Waals surface area contributed by atoms with Crippen molar-refractivity contribution < 1.29 is 24.4 Å². The number of carbonyl (C=O) groups excluding carboxylic acids is 1. The Balaban J connectivity index is 2.21. The number of nitro groups is 1. The van der Waals surface area contributed by atoms with Gasteiger partial charge >= 0.3 is 5.97 Å². The number of rotatable bonds is 7. The Kier molecular flexibility index (Phi) is 6.17. The number of non-ortho nitro benzene ring substituents is 1. The van der Waals surface area contributed by atoms with Gasteiger partial charge in [0, 0.05) is 24.0 Å². The number of hydrogen-bond donors (Lipinski definition) is 1. The molecule has 3 rings (SSSR count). The molecule has 1 heterocycles. The monoisotopic (exact) mass is 462 g/mol. The minimum Gasteiger partial charge on any atom is -0.497 e. The van der Waals surface area contributed by atoms with Gasteiger partial charge in [0.25, 0.3) is 11.6 Å². The fourth-order valence-electron chi connectivity index (χ4n) is 3.68. The highest BCUT2D eigenvalue weighted by atomic mass is 79.9. The van der Waals surface area contributed by atoms with Crippen molar-refractivity contribution in [3.8, 4) is 5.75 Å². The number of hydrogen-bond acceptors (Lipinski definition) is 5. The molecule has 8 nitrogen and oxygen atoms in total. The van der Waals surface area contributed by atoms with E-state index in [1.54, 1.807) is 24.3 Å². The molecule has 0 saturated heterocycles. The van der Waals surface area contributed by atoms with Crippen LogP contribution in [0.15, 0.2) is 42.5 Å². The van der Waals surface area contributed by atoms with Gasteiger partial charge in [-0.3, -0.25) is 19.7 Å². The number of alkyl halides is 1. The van der Waals surface area contributed by atoms with Gasteiger partial charge in [0.15, 0.2) is 0 Å². The van der Waals surface area contributed by atoms with Crippen molar-refractivity contribution in [2.75, 3.05) is 19.0 Å². The minimum absolute atomic E-state index is 0.0559. The topological polar surface area (TPSA) is 110 Å². The van der Waals surface area contributed by atoms with E-state index in [0.717, 1.165) is 6.07 Å². The van der Waals surface area contributed by atoms with E-state index in [2.05, 4.69) is 15.9 Å². The number of methoxy groups -OCH3 is 1. The summed E-state index contributed by atoms with van der Waals surface area (Å²) in [5, 5.41) is 21.8. The molecule has 0 radical (unpaired) electrons. The molecule has 0 spiro atoms. The third kappa shape index (κ3) is 3.95. The van der Waals surface area contributed by atoms with Gasteiger partial charge in [-0.1, -0.05) is 34.1 Å². The van der Waals surface area contributed by atoms with Crippen LogP contribution in [-0.4, -0.2) is 45.8 Å². The molecule has 0 saturated carbocycles. The Bertz CT molecular complexity index is 964. The fraction of sp³-hybridized carbons (Fsp3) is 0.300. The van der Waals surface area contributed by atoms with Gasteiger partial charge in [-0.05, 0) is 29.7 Å². The van der Waals surface area contributed by atoms with Crippen molar-refractivity contribution >= 4 is 33.5 Å². The first kappa shape index (κ1) is 20.8. The minimum atomic E-state index is -1.11. The molecule has 29 heavy (non-hydrogen) atoms. The maximum atomic E-state index is 13.3. The molecule has 1 aliphatic heterocycles. The lowest BCUT2D eigenvalue weighted by Gasteiger charge is -2.40. The molecule has 9 heteroatoms. The number of nitrogens with zero attached hydrogens (tertiary/aromatic N) is 2. The highest BCUT2D eigenvalue weighted by Gasteiger charge is 2.44. The Hall–Kier alpha value is -2.94. The second-order valence-electron chi connectivity index (χ2n) is 6.61. The maximum absolute atomic E-state index is 13.3. The Labute approximate surface area is 175 Å². The van der Waals surface area contributed by atoms with Gasteiger partial charge in [-0.15, -0.1) is 0 Å². The van der Waals surface area contributed by atoms with Crippen LogP contribution in [0.1, 0.15) is 39.9 Å². The first-order valence-corrected chi connectivity index (χ1v) is 10.0. The van der Waals surface area contributed by atoms with E-state index in [1.807, 2.05) is 0 Å². The lowest BCUT2D eigenvalue weighted by molar-refractivity contribution is -0.384. The maximum Gasteiger partial charge on any atom is 0.313 e. The predicted octanol–water partition coefficient (Wildman–Crippen LogP) is 3.75. The molecule has 1 N–H and O–H groups in total. The number of amides is 1. The molecule has 0 bridgehead atoms. The third-order valence-electron chi connectivity index (χ3n) is 4.96. The number of benzene rings is 2. The lowest BCUT2D eigenvalue weighted by Crippen LogP contribution is -2.45. The van der Waals surface area contributed by atoms with Gasteiger partial charge in [-0.25, -0.2) is 0 Å². The average molecular weight is 463 g/mol. The van der Waals surface area contributed by atoms with Gasteiger partial charge in [0.1, 0.15) is 11.7 Å². The van der Waals surface area contributed by atoms with Gasteiger partial charge in [-0.2, -0.15) is 0 Å². The highest BCUT2D eigenvalue weighted by Crippen LogP contribution is 2.44. The largest absolute Gasteiger partial charge is 0.497 e. The number of carbonyl (C=O) groups is 2. The number of carboxylic acids is 1. The zero-order valence-corrected chi connectivity index (χ0v) is 17.2. The highest BCUT2D eigenvalue weighted by molar-refractivity contribution is 9.09. The van der Waals surface area contributed by atoms with E-state index in [1.165, 1.54) is 24.1 Å². The summed E-state index contributed by atoms with van der Waals surface area (Å²) in [6.45, 7) is 0.303. The van der Waals surface area contributed by atoms with Gasteiger partial charge in [0.05, 0.1) is 23.6 Å². The average Bonchev–Trinajstić information content (AvgIpc) is 2.72. The molecule has 2 aromatic rings. The molecule has 1 aliphatic rings. The summed E-state index contributed by atoms with van der Waals surface area (Å²) < 4.78 is 5.26. The van der Waals surface area contributed by atoms with Crippen LogP contribution < -0.4 is 4.74 Å². The van der Waals surface area contributed by atoms with Crippen molar-refractivity contribution in [2.45, 2.75) is 18.4 Å². The van der Waals surface area contributed by atoms with Gasteiger partial charge in [0.2, 0.25) is 0 Å². The summed E-state index contributed by atoms with van der Waals surface area (Å²) in [6.07, 6.45) is 0.600. The Morgan fingerprint density at radius 2 is 2.07 bits per heavy atom. The summed E-state index contributed by atoms with van der Waals surface area (Å²) in [5.41, 5.74) is 0.710.